The zero-order valence-electron chi connectivity index (χ0n) is 9.96. The van der Waals surface area contributed by atoms with Crippen LogP contribution in [-0.4, -0.2) is 18.4 Å². The molecule has 2 rings (SSSR count). The Labute approximate surface area is 96.5 Å². The molecular formula is C13H20O3. The van der Waals surface area contributed by atoms with E-state index in [4.69, 9.17) is 4.74 Å². The summed E-state index contributed by atoms with van der Waals surface area (Å²) >= 11 is 0. The van der Waals surface area contributed by atoms with Crippen molar-refractivity contribution in [1.29, 1.82) is 0 Å². The van der Waals surface area contributed by atoms with E-state index < -0.39 is 5.92 Å². The van der Waals surface area contributed by atoms with Crippen molar-refractivity contribution in [1.82, 2.24) is 0 Å². The maximum atomic E-state index is 11.7. The highest BCUT2D eigenvalue weighted by molar-refractivity contribution is 5.99. The van der Waals surface area contributed by atoms with Crippen molar-refractivity contribution in [3.8, 4) is 0 Å². The Morgan fingerprint density at radius 1 is 1.38 bits per heavy atom. The molecule has 0 aliphatic heterocycles. The number of hydrogen-bond donors (Lipinski definition) is 0. The lowest BCUT2D eigenvalue weighted by Gasteiger charge is -2.36. The molecule has 0 bridgehead atoms. The monoisotopic (exact) mass is 224 g/mol. The molecule has 0 heterocycles. The standard InChI is InChI=1S/C13H20O3/c1-2-16-12(15)10-9-13(6-3-4-7-13)8-5-11(10)14/h10H,2-9H2,1H3. The van der Waals surface area contributed by atoms with E-state index in [-0.39, 0.29) is 17.2 Å². The summed E-state index contributed by atoms with van der Waals surface area (Å²) in [6, 6.07) is 0. The van der Waals surface area contributed by atoms with Crippen LogP contribution < -0.4 is 0 Å². The van der Waals surface area contributed by atoms with Crippen LogP contribution in [0.2, 0.25) is 0 Å². The van der Waals surface area contributed by atoms with Crippen molar-refractivity contribution in [2.24, 2.45) is 11.3 Å². The van der Waals surface area contributed by atoms with Gasteiger partial charge in [-0.2, -0.15) is 0 Å². The van der Waals surface area contributed by atoms with Gasteiger partial charge in [0.15, 0.2) is 0 Å². The SMILES string of the molecule is CCOC(=O)C1CC2(CCCC2)CCC1=O. The van der Waals surface area contributed by atoms with E-state index in [1.807, 2.05) is 0 Å². The van der Waals surface area contributed by atoms with Crippen molar-refractivity contribution in [3.63, 3.8) is 0 Å². The fourth-order valence-corrected chi connectivity index (χ4v) is 3.25. The smallest absolute Gasteiger partial charge is 0.316 e. The Morgan fingerprint density at radius 3 is 2.69 bits per heavy atom. The van der Waals surface area contributed by atoms with Crippen LogP contribution in [0.3, 0.4) is 0 Å². The third-order valence-electron chi connectivity index (χ3n) is 4.16. The molecule has 0 N–H and O–H groups in total. The van der Waals surface area contributed by atoms with Gasteiger partial charge >= 0.3 is 5.97 Å². The van der Waals surface area contributed by atoms with Crippen molar-refractivity contribution >= 4 is 11.8 Å². The van der Waals surface area contributed by atoms with Gasteiger partial charge < -0.3 is 4.74 Å². The van der Waals surface area contributed by atoms with Crippen LogP contribution in [0, 0.1) is 11.3 Å². The van der Waals surface area contributed by atoms with E-state index in [1.165, 1.54) is 25.7 Å². The van der Waals surface area contributed by atoms with E-state index in [1.54, 1.807) is 6.92 Å². The highest BCUT2D eigenvalue weighted by Crippen LogP contribution is 2.49. The van der Waals surface area contributed by atoms with Crippen LogP contribution in [0.4, 0.5) is 0 Å². The number of ether oxygens (including phenoxy) is 1. The van der Waals surface area contributed by atoms with Crippen molar-refractivity contribution < 1.29 is 14.3 Å². The van der Waals surface area contributed by atoms with Gasteiger partial charge in [-0.1, -0.05) is 12.8 Å². The highest BCUT2D eigenvalue weighted by Gasteiger charge is 2.44. The number of Topliss-reactive ketones (excluding diaryl/α,β-unsaturated/α-hetero) is 1. The first-order valence-corrected chi connectivity index (χ1v) is 6.36. The van der Waals surface area contributed by atoms with Gasteiger partial charge in [0.25, 0.3) is 0 Å². The first kappa shape index (κ1) is 11.6. The maximum absolute atomic E-state index is 11.7. The third-order valence-corrected chi connectivity index (χ3v) is 4.16. The molecule has 0 aromatic rings. The molecule has 0 aromatic heterocycles. The van der Waals surface area contributed by atoms with Gasteiger partial charge in [0.1, 0.15) is 11.7 Å². The van der Waals surface area contributed by atoms with E-state index >= 15 is 0 Å². The minimum absolute atomic E-state index is 0.0935. The highest BCUT2D eigenvalue weighted by atomic mass is 16.5. The number of hydrogen-bond acceptors (Lipinski definition) is 3. The van der Waals surface area contributed by atoms with E-state index in [9.17, 15) is 9.59 Å². The Kier molecular flexibility index (Phi) is 3.31. The Balaban J connectivity index is 2.05. The summed E-state index contributed by atoms with van der Waals surface area (Å²) in [7, 11) is 0. The molecule has 16 heavy (non-hydrogen) atoms. The van der Waals surface area contributed by atoms with E-state index in [0.717, 1.165) is 12.8 Å². The molecule has 1 unspecified atom stereocenters. The summed E-state index contributed by atoms with van der Waals surface area (Å²) in [4.78, 5) is 23.5. The lowest BCUT2D eigenvalue weighted by atomic mass is 9.68. The second-order valence-corrected chi connectivity index (χ2v) is 5.18. The lowest BCUT2D eigenvalue weighted by molar-refractivity contribution is -0.155. The molecule has 90 valence electrons. The van der Waals surface area contributed by atoms with Gasteiger partial charge in [-0.3, -0.25) is 9.59 Å². The number of carbonyl (C=O) groups excluding carboxylic acids is 2. The van der Waals surface area contributed by atoms with Gasteiger partial charge in [0, 0.05) is 6.42 Å². The number of esters is 1. The van der Waals surface area contributed by atoms with Gasteiger partial charge in [0.05, 0.1) is 6.61 Å². The van der Waals surface area contributed by atoms with Crippen molar-refractivity contribution in [3.05, 3.63) is 0 Å². The molecule has 2 fully saturated rings. The average molecular weight is 224 g/mol. The Bertz CT molecular complexity index is 290. The van der Waals surface area contributed by atoms with Gasteiger partial charge in [-0.25, -0.2) is 0 Å². The summed E-state index contributed by atoms with van der Waals surface area (Å²) in [6.07, 6.45) is 7.19. The first-order valence-electron chi connectivity index (χ1n) is 6.36. The fraction of sp³-hybridized carbons (Fsp3) is 0.846. The normalized spacial score (nSPS) is 28.3. The van der Waals surface area contributed by atoms with Crippen molar-refractivity contribution in [2.45, 2.75) is 51.9 Å². The number of ketones is 1. The zero-order chi connectivity index (χ0) is 11.6. The Hall–Kier alpha value is -0.860. The van der Waals surface area contributed by atoms with Crippen LogP contribution in [0.25, 0.3) is 0 Å². The molecular weight excluding hydrogens is 204 g/mol. The largest absolute Gasteiger partial charge is 0.465 e. The van der Waals surface area contributed by atoms with Crippen LogP contribution in [0.1, 0.15) is 51.9 Å². The first-order chi connectivity index (χ1) is 7.67. The predicted octanol–water partition coefficient (Wildman–Crippen LogP) is 2.48. The van der Waals surface area contributed by atoms with Crippen LogP contribution in [0.15, 0.2) is 0 Å². The van der Waals surface area contributed by atoms with Gasteiger partial charge in [-0.05, 0) is 38.0 Å². The second kappa shape index (κ2) is 4.56. The van der Waals surface area contributed by atoms with Crippen molar-refractivity contribution in [2.75, 3.05) is 6.61 Å². The third kappa shape index (κ3) is 2.13. The molecule has 0 saturated heterocycles. The molecule has 2 aliphatic rings. The molecule has 1 atom stereocenters. The van der Waals surface area contributed by atoms with Crippen LogP contribution >= 0.6 is 0 Å². The minimum atomic E-state index is -0.466. The van der Waals surface area contributed by atoms with E-state index in [0.29, 0.717) is 13.0 Å². The molecule has 0 radical (unpaired) electrons. The number of rotatable bonds is 2. The summed E-state index contributed by atoms with van der Waals surface area (Å²) in [5, 5.41) is 0. The summed E-state index contributed by atoms with van der Waals surface area (Å²) in [5.41, 5.74) is 0.283. The lowest BCUT2D eigenvalue weighted by Crippen LogP contribution is -2.37. The predicted molar refractivity (Wildman–Crippen MR) is 59.9 cm³/mol. The van der Waals surface area contributed by atoms with Gasteiger partial charge in [0.2, 0.25) is 0 Å². The molecule has 1 spiro atoms. The zero-order valence-corrected chi connectivity index (χ0v) is 9.96. The second-order valence-electron chi connectivity index (χ2n) is 5.18. The Morgan fingerprint density at radius 2 is 2.06 bits per heavy atom. The molecule has 3 nitrogen and oxygen atoms in total. The molecule has 2 aliphatic carbocycles. The van der Waals surface area contributed by atoms with Crippen LogP contribution in [0.5, 0.6) is 0 Å². The van der Waals surface area contributed by atoms with Gasteiger partial charge in [-0.15, -0.1) is 0 Å². The molecule has 3 heteroatoms. The quantitative estimate of drug-likeness (QED) is 0.534. The molecule has 0 aromatic carbocycles. The van der Waals surface area contributed by atoms with E-state index in [2.05, 4.69) is 0 Å². The number of carbonyl (C=O) groups is 2. The minimum Gasteiger partial charge on any atom is -0.465 e. The average Bonchev–Trinajstić information content (AvgIpc) is 2.71. The molecule has 0 amide bonds. The molecule has 2 saturated carbocycles. The summed E-state index contributed by atoms with van der Waals surface area (Å²) < 4.78 is 4.99. The maximum Gasteiger partial charge on any atom is 0.316 e. The summed E-state index contributed by atoms with van der Waals surface area (Å²) in [5.74, 6) is -0.666. The fourth-order valence-electron chi connectivity index (χ4n) is 3.25. The topological polar surface area (TPSA) is 43.4 Å². The van der Waals surface area contributed by atoms with Crippen LogP contribution in [-0.2, 0) is 14.3 Å². The summed E-state index contributed by atoms with van der Waals surface area (Å²) in [6.45, 7) is 2.16.